The summed E-state index contributed by atoms with van der Waals surface area (Å²) in [5, 5.41) is 6.01. The smallest absolute Gasteiger partial charge is 0.264 e. The first-order valence-electron chi connectivity index (χ1n) is 13.2. The number of ether oxygens (including phenoxy) is 1. The van der Waals surface area contributed by atoms with Crippen LogP contribution in [0, 0.1) is 0 Å². The van der Waals surface area contributed by atoms with E-state index in [1.54, 1.807) is 4.90 Å². The maximum absolute atomic E-state index is 12.4. The van der Waals surface area contributed by atoms with Crippen molar-refractivity contribution in [1.29, 1.82) is 0 Å². The van der Waals surface area contributed by atoms with Crippen LogP contribution in [0.1, 0.15) is 70.2 Å². The molecule has 5 rings (SSSR count). The summed E-state index contributed by atoms with van der Waals surface area (Å²) in [5.41, 5.74) is 5.64. The number of piperidine rings is 1. The maximum Gasteiger partial charge on any atom is 0.264 e. The van der Waals surface area contributed by atoms with Crippen LogP contribution in [0.2, 0.25) is 0 Å². The number of hydrogen-bond donors (Lipinski definition) is 0. The van der Waals surface area contributed by atoms with Gasteiger partial charge in [-0.15, -0.1) is 0 Å². The molecule has 3 heterocycles. The number of likely N-dealkylation sites (N-methyl/N-ethyl adjacent to an activating group) is 1. The Labute approximate surface area is 215 Å². The predicted octanol–water partition coefficient (Wildman–Crippen LogP) is 5.48. The van der Waals surface area contributed by atoms with Gasteiger partial charge in [-0.3, -0.25) is 9.48 Å². The van der Waals surface area contributed by atoms with Crippen molar-refractivity contribution in [3.05, 3.63) is 53.2 Å². The molecule has 0 N–H and O–H groups in total. The van der Waals surface area contributed by atoms with Gasteiger partial charge in [-0.25, -0.2) is 0 Å². The lowest BCUT2D eigenvalue weighted by Crippen LogP contribution is -2.37. The molecule has 2 aliphatic rings. The van der Waals surface area contributed by atoms with E-state index in [4.69, 9.17) is 9.84 Å². The Balaban J connectivity index is 1.49. The molecular formula is C30H40N4O2. The second-order valence-electron chi connectivity index (χ2n) is 12.4. The number of fused-ring (bicyclic) bond motifs is 2. The Kier molecular flexibility index (Phi) is 6.14. The largest absolute Gasteiger partial charge is 0.482 e. The highest BCUT2D eigenvalue weighted by Gasteiger charge is 2.32. The molecule has 3 aromatic rings. The predicted molar refractivity (Wildman–Crippen MR) is 146 cm³/mol. The molecule has 6 nitrogen and oxygen atoms in total. The van der Waals surface area contributed by atoms with Crippen LogP contribution in [-0.4, -0.2) is 54.4 Å². The van der Waals surface area contributed by atoms with Crippen molar-refractivity contribution in [3.63, 3.8) is 0 Å². The summed E-state index contributed by atoms with van der Waals surface area (Å²) < 4.78 is 8.20. The molecular weight excluding hydrogens is 448 g/mol. The number of rotatable bonds is 4. The molecule has 0 saturated carbocycles. The van der Waals surface area contributed by atoms with Crippen LogP contribution in [0.3, 0.4) is 0 Å². The molecule has 1 aromatic heterocycles. The molecule has 0 spiro atoms. The minimum Gasteiger partial charge on any atom is -0.482 e. The summed E-state index contributed by atoms with van der Waals surface area (Å²) in [5.74, 6) is 0.807. The summed E-state index contributed by atoms with van der Waals surface area (Å²) in [6.45, 7) is 13.6. The van der Waals surface area contributed by atoms with E-state index < -0.39 is 0 Å². The Morgan fingerprint density at radius 1 is 1.03 bits per heavy atom. The van der Waals surface area contributed by atoms with E-state index in [0.717, 1.165) is 49.4 Å². The second-order valence-corrected chi connectivity index (χ2v) is 12.4. The molecule has 0 radical (unpaired) electrons. The van der Waals surface area contributed by atoms with Crippen LogP contribution in [0.25, 0.3) is 10.9 Å². The Morgan fingerprint density at radius 3 is 2.44 bits per heavy atom. The molecule has 0 unspecified atom stereocenters. The van der Waals surface area contributed by atoms with Gasteiger partial charge in [-0.05, 0) is 79.1 Å². The zero-order chi connectivity index (χ0) is 25.8. The van der Waals surface area contributed by atoms with Crippen LogP contribution >= 0.6 is 0 Å². The highest BCUT2D eigenvalue weighted by molar-refractivity contribution is 5.98. The minimum atomic E-state index is -0.112. The number of hydrogen-bond acceptors (Lipinski definition) is 4. The van der Waals surface area contributed by atoms with Crippen molar-refractivity contribution < 1.29 is 9.53 Å². The molecule has 2 aliphatic heterocycles. The molecule has 36 heavy (non-hydrogen) atoms. The van der Waals surface area contributed by atoms with E-state index in [-0.39, 0.29) is 23.3 Å². The molecule has 0 aliphatic carbocycles. The van der Waals surface area contributed by atoms with Gasteiger partial charge in [0.25, 0.3) is 5.91 Å². The fourth-order valence-electron chi connectivity index (χ4n) is 5.76. The van der Waals surface area contributed by atoms with Gasteiger partial charge in [0.15, 0.2) is 6.61 Å². The molecule has 0 bridgehead atoms. The Hall–Kier alpha value is -2.86. The van der Waals surface area contributed by atoms with E-state index in [1.807, 2.05) is 13.2 Å². The summed E-state index contributed by atoms with van der Waals surface area (Å²) in [6.07, 6.45) is 5.17. The van der Waals surface area contributed by atoms with Gasteiger partial charge >= 0.3 is 0 Å². The van der Waals surface area contributed by atoms with E-state index in [0.29, 0.717) is 6.04 Å². The fourth-order valence-corrected chi connectivity index (χ4v) is 5.76. The number of amides is 1. The number of benzene rings is 2. The van der Waals surface area contributed by atoms with E-state index in [2.05, 4.69) is 81.6 Å². The van der Waals surface area contributed by atoms with Crippen molar-refractivity contribution in [2.75, 3.05) is 38.7 Å². The number of anilines is 1. The third-order valence-corrected chi connectivity index (χ3v) is 8.06. The highest BCUT2D eigenvalue weighted by atomic mass is 16.5. The van der Waals surface area contributed by atoms with E-state index in [9.17, 15) is 4.79 Å². The molecule has 192 valence electrons. The van der Waals surface area contributed by atoms with Crippen LogP contribution in [0.5, 0.6) is 5.75 Å². The summed E-state index contributed by atoms with van der Waals surface area (Å²) in [7, 11) is 4.05. The quantitative estimate of drug-likeness (QED) is 0.488. The summed E-state index contributed by atoms with van der Waals surface area (Å²) >= 11 is 0. The van der Waals surface area contributed by atoms with E-state index >= 15 is 0 Å². The third kappa shape index (κ3) is 4.52. The number of aromatic nitrogens is 2. The first-order chi connectivity index (χ1) is 16.9. The van der Waals surface area contributed by atoms with Crippen molar-refractivity contribution in [2.24, 2.45) is 0 Å². The van der Waals surface area contributed by atoms with Gasteiger partial charge < -0.3 is 14.5 Å². The first-order valence-corrected chi connectivity index (χ1v) is 13.2. The standard InChI is InChI=1S/C30H40N4O2/c1-29(2,3)24-14-20(15-26-28(24)33(7)27(35)19-36-26)17-30(4,5)22-9-8-21-18-31-34(25(21)16-22)23-10-12-32(6)13-11-23/h8-9,14-16,18,23H,10-13,17,19H2,1-7H3. The average molecular weight is 489 g/mol. The normalized spacial score (nSPS) is 18.0. The fraction of sp³-hybridized carbons (Fsp3) is 0.533. The van der Waals surface area contributed by atoms with Gasteiger partial charge in [-0.2, -0.15) is 5.10 Å². The number of carbonyl (C=O) groups excluding carboxylic acids is 1. The highest BCUT2D eigenvalue weighted by Crippen LogP contribution is 2.43. The zero-order valence-corrected chi connectivity index (χ0v) is 22.9. The van der Waals surface area contributed by atoms with Crippen LogP contribution in [-0.2, 0) is 22.0 Å². The maximum atomic E-state index is 12.4. The lowest BCUT2D eigenvalue weighted by Gasteiger charge is -2.34. The molecule has 0 atom stereocenters. The first kappa shape index (κ1) is 24.8. The molecule has 1 saturated heterocycles. The third-order valence-electron chi connectivity index (χ3n) is 8.06. The average Bonchev–Trinajstić information content (AvgIpc) is 3.24. The number of carbonyl (C=O) groups is 1. The molecule has 1 amide bonds. The number of likely N-dealkylation sites (tertiary alicyclic amines) is 1. The van der Waals surface area contributed by atoms with Crippen LogP contribution in [0.4, 0.5) is 5.69 Å². The lowest BCUT2D eigenvalue weighted by molar-refractivity contribution is -0.121. The Bertz CT molecular complexity index is 1290. The molecule has 1 fully saturated rings. The second kappa shape index (κ2) is 8.91. The van der Waals surface area contributed by atoms with Gasteiger partial charge in [0.1, 0.15) is 5.75 Å². The SMILES string of the molecule is CN1CCC(n2ncc3ccc(C(C)(C)Cc4cc5c(c(C(C)(C)C)c4)N(C)C(=O)CO5)cc32)CC1. The van der Waals surface area contributed by atoms with Crippen molar-refractivity contribution in [1.82, 2.24) is 14.7 Å². The number of nitrogens with zero attached hydrogens (tertiary/aromatic N) is 4. The van der Waals surface area contributed by atoms with Crippen molar-refractivity contribution in [2.45, 2.75) is 70.8 Å². The van der Waals surface area contributed by atoms with Crippen molar-refractivity contribution >= 4 is 22.5 Å². The van der Waals surface area contributed by atoms with Gasteiger partial charge in [0.2, 0.25) is 0 Å². The summed E-state index contributed by atoms with van der Waals surface area (Å²) in [6, 6.07) is 11.7. The monoisotopic (exact) mass is 488 g/mol. The Morgan fingerprint density at radius 2 is 1.75 bits per heavy atom. The van der Waals surface area contributed by atoms with Crippen molar-refractivity contribution in [3.8, 4) is 5.75 Å². The molecule has 6 heteroatoms. The minimum absolute atomic E-state index is 0.00407. The van der Waals surface area contributed by atoms with Crippen LogP contribution < -0.4 is 9.64 Å². The summed E-state index contributed by atoms with van der Waals surface area (Å²) in [4.78, 5) is 16.5. The van der Waals surface area contributed by atoms with Gasteiger partial charge in [-0.1, -0.05) is 52.8 Å². The lowest BCUT2D eigenvalue weighted by atomic mass is 9.77. The van der Waals surface area contributed by atoms with Gasteiger partial charge in [0, 0.05) is 12.4 Å². The van der Waals surface area contributed by atoms with Crippen LogP contribution in [0.15, 0.2) is 36.5 Å². The topological polar surface area (TPSA) is 50.6 Å². The molecule has 2 aromatic carbocycles. The van der Waals surface area contributed by atoms with E-state index in [1.165, 1.54) is 22.0 Å². The van der Waals surface area contributed by atoms with Gasteiger partial charge in [0.05, 0.1) is 23.4 Å². The zero-order valence-electron chi connectivity index (χ0n) is 22.9.